The van der Waals surface area contributed by atoms with E-state index in [4.69, 9.17) is 14.6 Å². The van der Waals surface area contributed by atoms with Gasteiger partial charge in [0, 0.05) is 13.0 Å². The molecule has 0 unspecified atom stereocenters. The van der Waals surface area contributed by atoms with E-state index in [0.717, 1.165) is 51.3 Å². The molecule has 4 heteroatoms. The molecule has 1 aromatic carbocycles. The molecule has 2 heterocycles. The topological polar surface area (TPSA) is 41.9 Å². The molecule has 0 saturated carbocycles. The van der Waals surface area contributed by atoms with Crippen LogP contribution in [0.1, 0.15) is 24.0 Å². The first kappa shape index (κ1) is 13.1. The minimum atomic E-state index is -0.344. The normalized spacial score (nSPS) is 23.0. The zero-order valence-corrected chi connectivity index (χ0v) is 11.2. The average molecular weight is 263 g/mol. The standard InChI is InChI=1S/C15H21NO3/c17-11-14-4-2-13(3-5-14)10-16-7-1-6-15(12-16)18-8-9-19-15/h2-5,17H,1,6-12H2. The van der Waals surface area contributed by atoms with Crippen LogP contribution in [-0.2, 0) is 22.6 Å². The number of rotatable bonds is 3. The maximum absolute atomic E-state index is 9.05. The van der Waals surface area contributed by atoms with Gasteiger partial charge in [0.05, 0.1) is 26.4 Å². The van der Waals surface area contributed by atoms with Crippen LogP contribution in [0.15, 0.2) is 24.3 Å². The van der Waals surface area contributed by atoms with Gasteiger partial charge in [-0.3, -0.25) is 4.90 Å². The number of piperidine rings is 1. The molecule has 4 nitrogen and oxygen atoms in total. The second-order valence-electron chi connectivity index (χ2n) is 5.40. The van der Waals surface area contributed by atoms with Gasteiger partial charge in [-0.05, 0) is 24.1 Å². The van der Waals surface area contributed by atoms with Gasteiger partial charge in [-0.2, -0.15) is 0 Å². The van der Waals surface area contributed by atoms with Crippen molar-refractivity contribution in [3.8, 4) is 0 Å². The van der Waals surface area contributed by atoms with Gasteiger partial charge in [-0.15, -0.1) is 0 Å². The Bertz CT molecular complexity index is 412. The molecule has 2 fully saturated rings. The first-order valence-corrected chi connectivity index (χ1v) is 6.99. The highest BCUT2D eigenvalue weighted by Gasteiger charge is 2.40. The molecule has 0 aliphatic carbocycles. The number of ether oxygens (including phenoxy) is 2. The summed E-state index contributed by atoms with van der Waals surface area (Å²) in [6.07, 6.45) is 2.13. The summed E-state index contributed by atoms with van der Waals surface area (Å²) < 4.78 is 11.6. The van der Waals surface area contributed by atoms with E-state index >= 15 is 0 Å². The smallest absolute Gasteiger partial charge is 0.181 e. The van der Waals surface area contributed by atoms with Crippen LogP contribution in [-0.4, -0.2) is 42.1 Å². The highest BCUT2D eigenvalue weighted by Crippen LogP contribution is 2.30. The molecule has 1 spiro atoms. The monoisotopic (exact) mass is 263 g/mol. The first-order chi connectivity index (χ1) is 9.30. The molecule has 104 valence electrons. The summed E-state index contributed by atoms with van der Waals surface area (Å²) in [7, 11) is 0. The van der Waals surface area contributed by atoms with Gasteiger partial charge in [0.1, 0.15) is 0 Å². The molecule has 0 aromatic heterocycles. The summed E-state index contributed by atoms with van der Waals surface area (Å²) in [4.78, 5) is 2.39. The van der Waals surface area contributed by atoms with Gasteiger partial charge in [0.2, 0.25) is 0 Å². The van der Waals surface area contributed by atoms with Crippen molar-refractivity contribution in [3.05, 3.63) is 35.4 Å². The van der Waals surface area contributed by atoms with Crippen molar-refractivity contribution in [2.75, 3.05) is 26.3 Å². The van der Waals surface area contributed by atoms with Gasteiger partial charge in [-0.25, -0.2) is 0 Å². The predicted molar refractivity (Wildman–Crippen MR) is 71.5 cm³/mol. The summed E-state index contributed by atoms with van der Waals surface area (Å²) in [6.45, 7) is 4.41. The van der Waals surface area contributed by atoms with Gasteiger partial charge in [-0.1, -0.05) is 24.3 Å². The summed E-state index contributed by atoms with van der Waals surface area (Å²) in [5, 5.41) is 9.05. The van der Waals surface area contributed by atoms with Crippen LogP contribution in [0.2, 0.25) is 0 Å². The van der Waals surface area contributed by atoms with E-state index in [0.29, 0.717) is 0 Å². The Balaban J connectivity index is 1.62. The maximum Gasteiger partial charge on any atom is 0.181 e. The molecule has 3 rings (SSSR count). The third-order valence-electron chi connectivity index (χ3n) is 3.92. The molecule has 0 radical (unpaired) electrons. The van der Waals surface area contributed by atoms with Crippen LogP contribution in [0.25, 0.3) is 0 Å². The van der Waals surface area contributed by atoms with Crippen LogP contribution in [0.3, 0.4) is 0 Å². The van der Waals surface area contributed by atoms with E-state index in [1.807, 2.05) is 12.1 Å². The SMILES string of the molecule is OCc1ccc(CN2CCCC3(C2)OCCO3)cc1. The maximum atomic E-state index is 9.05. The van der Waals surface area contributed by atoms with E-state index < -0.39 is 0 Å². The van der Waals surface area contributed by atoms with Crippen molar-refractivity contribution in [2.45, 2.75) is 31.8 Å². The zero-order chi connectivity index (χ0) is 13.1. The fraction of sp³-hybridized carbons (Fsp3) is 0.600. The summed E-state index contributed by atoms with van der Waals surface area (Å²) in [6, 6.07) is 8.14. The van der Waals surface area contributed by atoms with Gasteiger partial charge >= 0.3 is 0 Å². The molecule has 0 bridgehead atoms. The molecule has 1 aromatic rings. The highest BCUT2D eigenvalue weighted by atomic mass is 16.7. The minimum Gasteiger partial charge on any atom is -0.392 e. The van der Waals surface area contributed by atoms with E-state index in [2.05, 4.69) is 17.0 Å². The Kier molecular flexibility index (Phi) is 3.84. The van der Waals surface area contributed by atoms with E-state index in [1.54, 1.807) is 0 Å². The molecule has 0 amide bonds. The van der Waals surface area contributed by atoms with E-state index in [-0.39, 0.29) is 12.4 Å². The minimum absolute atomic E-state index is 0.106. The summed E-state index contributed by atoms with van der Waals surface area (Å²) in [5.41, 5.74) is 2.23. The zero-order valence-electron chi connectivity index (χ0n) is 11.2. The lowest BCUT2D eigenvalue weighted by molar-refractivity contribution is -0.190. The number of nitrogens with zero attached hydrogens (tertiary/aromatic N) is 1. The molecule has 2 aliphatic heterocycles. The largest absolute Gasteiger partial charge is 0.392 e. The Hall–Kier alpha value is -0.940. The van der Waals surface area contributed by atoms with Gasteiger partial charge < -0.3 is 14.6 Å². The van der Waals surface area contributed by atoms with Crippen LogP contribution < -0.4 is 0 Å². The van der Waals surface area contributed by atoms with Crippen molar-refractivity contribution in [1.82, 2.24) is 4.90 Å². The third kappa shape index (κ3) is 2.98. The lowest BCUT2D eigenvalue weighted by atomic mass is 10.0. The Morgan fingerprint density at radius 2 is 1.79 bits per heavy atom. The lowest BCUT2D eigenvalue weighted by Crippen LogP contribution is -2.48. The summed E-state index contributed by atoms with van der Waals surface area (Å²) >= 11 is 0. The van der Waals surface area contributed by atoms with Gasteiger partial charge in [0.25, 0.3) is 0 Å². The number of benzene rings is 1. The number of hydrogen-bond donors (Lipinski definition) is 1. The highest BCUT2D eigenvalue weighted by molar-refractivity contribution is 5.22. The summed E-state index contributed by atoms with van der Waals surface area (Å²) in [5.74, 6) is -0.344. The van der Waals surface area contributed by atoms with Crippen LogP contribution in [0.4, 0.5) is 0 Å². The molecule has 19 heavy (non-hydrogen) atoms. The number of likely N-dealkylation sites (tertiary alicyclic amines) is 1. The molecule has 0 atom stereocenters. The van der Waals surface area contributed by atoms with Crippen molar-refractivity contribution in [2.24, 2.45) is 0 Å². The Labute approximate surface area is 113 Å². The van der Waals surface area contributed by atoms with Crippen molar-refractivity contribution >= 4 is 0 Å². The van der Waals surface area contributed by atoms with Crippen LogP contribution >= 0.6 is 0 Å². The van der Waals surface area contributed by atoms with Gasteiger partial charge in [0.15, 0.2) is 5.79 Å². The Morgan fingerprint density at radius 1 is 1.11 bits per heavy atom. The number of aliphatic hydroxyl groups excluding tert-OH is 1. The van der Waals surface area contributed by atoms with Crippen molar-refractivity contribution < 1.29 is 14.6 Å². The van der Waals surface area contributed by atoms with Crippen molar-refractivity contribution in [1.29, 1.82) is 0 Å². The molecule has 2 saturated heterocycles. The van der Waals surface area contributed by atoms with Crippen LogP contribution in [0.5, 0.6) is 0 Å². The predicted octanol–water partition coefficient (Wildman–Crippen LogP) is 1.52. The first-order valence-electron chi connectivity index (χ1n) is 6.99. The number of hydrogen-bond acceptors (Lipinski definition) is 4. The number of aliphatic hydroxyl groups is 1. The molecular formula is C15H21NO3. The van der Waals surface area contributed by atoms with E-state index in [9.17, 15) is 0 Å². The quantitative estimate of drug-likeness (QED) is 0.898. The van der Waals surface area contributed by atoms with E-state index in [1.165, 1.54) is 5.56 Å². The lowest BCUT2D eigenvalue weighted by Gasteiger charge is -2.38. The molecule has 2 aliphatic rings. The van der Waals surface area contributed by atoms with Crippen LogP contribution in [0, 0.1) is 0 Å². The second kappa shape index (κ2) is 5.59. The molecule has 1 N–H and O–H groups in total. The fourth-order valence-corrected chi connectivity index (χ4v) is 2.95. The van der Waals surface area contributed by atoms with Crippen molar-refractivity contribution in [3.63, 3.8) is 0 Å². The molecular weight excluding hydrogens is 242 g/mol. The Morgan fingerprint density at radius 3 is 2.47 bits per heavy atom. The second-order valence-corrected chi connectivity index (χ2v) is 5.40. The average Bonchev–Trinajstić information content (AvgIpc) is 2.88. The fourth-order valence-electron chi connectivity index (χ4n) is 2.95. The third-order valence-corrected chi connectivity index (χ3v) is 3.92.